The molecule has 178 valence electrons. The molecule has 7 heteroatoms. The van der Waals surface area contributed by atoms with Crippen LogP contribution in [0.2, 0.25) is 0 Å². The first-order valence-electron chi connectivity index (χ1n) is 11.2. The maximum absolute atomic E-state index is 13.5. The van der Waals surface area contributed by atoms with Crippen molar-refractivity contribution in [1.29, 1.82) is 0 Å². The number of fused-ring (bicyclic) bond motifs is 1. The van der Waals surface area contributed by atoms with Crippen LogP contribution in [0.15, 0.2) is 72.1 Å². The van der Waals surface area contributed by atoms with Crippen LogP contribution in [0.5, 0.6) is 17.2 Å². The Bertz CT molecular complexity index is 1380. The minimum absolute atomic E-state index is 0.0336. The molecule has 0 radical (unpaired) electrons. The lowest BCUT2D eigenvalue weighted by Crippen LogP contribution is -2.22. The number of ether oxygens (including phenoxy) is 3. The first-order chi connectivity index (χ1) is 17.1. The van der Waals surface area contributed by atoms with Gasteiger partial charge in [0.15, 0.2) is 11.5 Å². The van der Waals surface area contributed by atoms with Crippen molar-refractivity contribution in [2.24, 2.45) is 0 Å². The number of halogens is 1. The molecule has 5 rings (SSSR count). The maximum Gasteiger partial charge on any atom is 0.225 e. The second kappa shape index (κ2) is 9.80. The Kier molecular flexibility index (Phi) is 6.42. The Morgan fingerprint density at radius 1 is 1.00 bits per heavy atom. The van der Waals surface area contributed by atoms with Crippen LogP contribution in [0.3, 0.4) is 0 Å². The fourth-order valence-electron chi connectivity index (χ4n) is 4.33. The molecule has 1 aliphatic rings. The lowest BCUT2D eigenvalue weighted by molar-refractivity contribution is -0.116. The summed E-state index contributed by atoms with van der Waals surface area (Å²) in [5, 5.41) is 5.14. The smallest absolute Gasteiger partial charge is 0.225 e. The zero-order valence-electron chi connectivity index (χ0n) is 19.3. The van der Waals surface area contributed by atoms with E-state index >= 15 is 0 Å². The highest BCUT2D eigenvalue weighted by molar-refractivity contribution is 7.11. The van der Waals surface area contributed by atoms with Gasteiger partial charge in [0, 0.05) is 28.2 Å². The molecular formula is C28H24FNO4S. The molecule has 35 heavy (non-hydrogen) atoms. The van der Waals surface area contributed by atoms with E-state index in [1.165, 1.54) is 12.1 Å². The first-order valence-corrected chi connectivity index (χ1v) is 12.0. The van der Waals surface area contributed by atoms with Gasteiger partial charge in [0.1, 0.15) is 18.2 Å². The number of rotatable bonds is 7. The second-order valence-corrected chi connectivity index (χ2v) is 9.17. The number of thiophene rings is 1. The van der Waals surface area contributed by atoms with Crippen molar-refractivity contribution in [3.05, 3.63) is 93.9 Å². The SMILES string of the molecule is COc1ccc(-c2csc3c2NC(=O)CC3c2cccc(OCc3cccc(F)c3)c2)cc1OC. The van der Waals surface area contributed by atoms with Crippen LogP contribution in [0.4, 0.5) is 10.1 Å². The summed E-state index contributed by atoms with van der Waals surface area (Å²) >= 11 is 1.62. The molecule has 2 heterocycles. The molecule has 0 saturated carbocycles. The van der Waals surface area contributed by atoms with Crippen molar-refractivity contribution < 1.29 is 23.4 Å². The van der Waals surface area contributed by atoms with Gasteiger partial charge in [-0.3, -0.25) is 4.79 Å². The molecule has 1 atom stereocenters. The molecule has 3 aromatic carbocycles. The molecule has 4 aromatic rings. The number of nitrogens with one attached hydrogen (secondary N) is 1. The van der Waals surface area contributed by atoms with Crippen LogP contribution in [0, 0.1) is 5.82 Å². The standard InChI is InChI=1S/C28H24FNO4S/c1-32-24-10-9-19(13-25(24)33-2)23-16-35-28-22(14-26(31)30-27(23)28)18-6-4-8-21(12-18)34-15-17-5-3-7-20(29)11-17/h3-13,16,22H,14-15H2,1-2H3,(H,30,31). The number of hydrogen-bond acceptors (Lipinski definition) is 5. The fraction of sp³-hybridized carbons (Fsp3) is 0.179. The summed E-state index contributed by atoms with van der Waals surface area (Å²) in [7, 11) is 3.21. The topological polar surface area (TPSA) is 56.8 Å². The van der Waals surface area contributed by atoms with Crippen molar-refractivity contribution in [3.63, 3.8) is 0 Å². The number of carbonyl (C=O) groups is 1. The zero-order chi connectivity index (χ0) is 24.4. The van der Waals surface area contributed by atoms with E-state index in [2.05, 4.69) is 10.7 Å². The highest BCUT2D eigenvalue weighted by atomic mass is 32.1. The molecule has 0 fully saturated rings. The molecule has 0 saturated heterocycles. The van der Waals surface area contributed by atoms with Gasteiger partial charge in [-0.25, -0.2) is 4.39 Å². The van der Waals surface area contributed by atoms with Gasteiger partial charge in [-0.1, -0.05) is 30.3 Å². The van der Waals surface area contributed by atoms with Gasteiger partial charge in [-0.15, -0.1) is 11.3 Å². The Labute approximate surface area is 207 Å². The van der Waals surface area contributed by atoms with E-state index in [0.29, 0.717) is 23.7 Å². The van der Waals surface area contributed by atoms with Crippen LogP contribution in [0.1, 0.15) is 28.3 Å². The molecule has 0 bridgehead atoms. The number of benzene rings is 3. The normalized spacial score (nSPS) is 14.7. The number of carbonyl (C=O) groups excluding carboxylic acids is 1. The van der Waals surface area contributed by atoms with Gasteiger partial charge in [0.25, 0.3) is 0 Å². The third kappa shape index (κ3) is 4.72. The molecule has 0 aliphatic carbocycles. The van der Waals surface area contributed by atoms with Gasteiger partial charge in [-0.05, 0) is 53.1 Å². The summed E-state index contributed by atoms with van der Waals surface area (Å²) < 4.78 is 30.2. The molecular weight excluding hydrogens is 465 g/mol. The first kappa shape index (κ1) is 22.9. The number of hydrogen-bond donors (Lipinski definition) is 1. The monoisotopic (exact) mass is 489 g/mol. The minimum atomic E-state index is -0.288. The van der Waals surface area contributed by atoms with Gasteiger partial charge in [0.2, 0.25) is 5.91 Å². The fourth-order valence-corrected chi connectivity index (χ4v) is 5.49. The zero-order valence-corrected chi connectivity index (χ0v) is 20.2. The van der Waals surface area contributed by atoms with Crippen molar-refractivity contribution >= 4 is 22.9 Å². The summed E-state index contributed by atoms with van der Waals surface area (Å²) in [6.07, 6.45) is 0.353. The second-order valence-electron chi connectivity index (χ2n) is 8.25. The van der Waals surface area contributed by atoms with Gasteiger partial charge in [-0.2, -0.15) is 0 Å². The highest BCUT2D eigenvalue weighted by Crippen LogP contribution is 2.47. The van der Waals surface area contributed by atoms with Crippen molar-refractivity contribution in [2.45, 2.75) is 18.9 Å². The van der Waals surface area contributed by atoms with Crippen LogP contribution >= 0.6 is 11.3 Å². The van der Waals surface area contributed by atoms with E-state index < -0.39 is 0 Å². The summed E-state index contributed by atoms with van der Waals surface area (Å²) in [5.41, 5.74) is 4.47. The number of anilines is 1. The van der Waals surface area contributed by atoms with Crippen molar-refractivity contribution in [3.8, 4) is 28.4 Å². The number of amides is 1. The average molecular weight is 490 g/mol. The van der Waals surface area contributed by atoms with Crippen molar-refractivity contribution in [2.75, 3.05) is 19.5 Å². The van der Waals surface area contributed by atoms with Crippen LogP contribution < -0.4 is 19.5 Å². The molecule has 5 nitrogen and oxygen atoms in total. The lowest BCUT2D eigenvalue weighted by atomic mass is 9.89. The lowest BCUT2D eigenvalue weighted by Gasteiger charge is -2.24. The van der Waals surface area contributed by atoms with Gasteiger partial charge < -0.3 is 19.5 Å². The number of methoxy groups -OCH3 is 2. The molecule has 1 amide bonds. The highest BCUT2D eigenvalue weighted by Gasteiger charge is 2.31. The summed E-state index contributed by atoms with van der Waals surface area (Å²) in [4.78, 5) is 13.8. The Morgan fingerprint density at radius 2 is 1.83 bits per heavy atom. The van der Waals surface area contributed by atoms with E-state index in [1.807, 2.05) is 48.5 Å². The van der Waals surface area contributed by atoms with E-state index in [0.717, 1.165) is 32.8 Å². The van der Waals surface area contributed by atoms with E-state index in [4.69, 9.17) is 14.2 Å². The molecule has 0 spiro atoms. The summed E-state index contributed by atoms with van der Waals surface area (Å²) in [6.45, 7) is 0.264. The van der Waals surface area contributed by atoms with Crippen molar-refractivity contribution in [1.82, 2.24) is 0 Å². The van der Waals surface area contributed by atoms with Crippen LogP contribution in [0.25, 0.3) is 11.1 Å². The maximum atomic E-state index is 13.5. The Hall–Kier alpha value is -3.84. The third-order valence-corrected chi connectivity index (χ3v) is 7.14. The molecule has 1 N–H and O–H groups in total. The minimum Gasteiger partial charge on any atom is -0.493 e. The molecule has 1 aromatic heterocycles. The summed E-state index contributed by atoms with van der Waals surface area (Å²) in [6, 6.07) is 19.9. The third-order valence-electron chi connectivity index (χ3n) is 6.04. The van der Waals surface area contributed by atoms with Gasteiger partial charge >= 0.3 is 0 Å². The van der Waals surface area contributed by atoms with Crippen LogP contribution in [-0.2, 0) is 11.4 Å². The molecule has 1 aliphatic heterocycles. The summed E-state index contributed by atoms with van der Waals surface area (Å²) in [5.74, 6) is 1.55. The predicted molar refractivity (Wildman–Crippen MR) is 135 cm³/mol. The molecule has 1 unspecified atom stereocenters. The van der Waals surface area contributed by atoms with Crippen LogP contribution in [-0.4, -0.2) is 20.1 Å². The van der Waals surface area contributed by atoms with Gasteiger partial charge in [0.05, 0.1) is 19.9 Å². The van der Waals surface area contributed by atoms with E-state index in [-0.39, 0.29) is 24.2 Å². The Morgan fingerprint density at radius 3 is 2.63 bits per heavy atom. The quantitative estimate of drug-likeness (QED) is 0.317. The Balaban J connectivity index is 1.44. The van der Waals surface area contributed by atoms with E-state index in [1.54, 1.807) is 31.6 Å². The predicted octanol–water partition coefficient (Wildman–Crippen LogP) is 6.62. The largest absolute Gasteiger partial charge is 0.493 e. The average Bonchev–Trinajstić information content (AvgIpc) is 3.30. The van der Waals surface area contributed by atoms with E-state index in [9.17, 15) is 9.18 Å².